The third-order valence-corrected chi connectivity index (χ3v) is 5.85. The van der Waals surface area contributed by atoms with E-state index in [1.165, 1.54) is 18.4 Å². The molecule has 2 saturated carbocycles. The van der Waals surface area contributed by atoms with E-state index < -0.39 is 0 Å². The van der Waals surface area contributed by atoms with Crippen LogP contribution in [0.3, 0.4) is 0 Å². The van der Waals surface area contributed by atoms with Crippen LogP contribution in [0.15, 0.2) is 30.3 Å². The normalized spacial score (nSPS) is 24.6. The van der Waals surface area contributed by atoms with Crippen molar-refractivity contribution in [2.75, 3.05) is 13.1 Å². The van der Waals surface area contributed by atoms with Crippen LogP contribution in [0.4, 0.5) is 0 Å². The van der Waals surface area contributed by atoms with Crippen molar-refractivity contribution in [3.63, 3.8) is 0 Å². The van der Waals surface area contributed by atoms with Gasteiger partial charge in [-0.15, -0.1) is 0 Å². The number of rotatable bonds is 6. The SMILES string of the molecule is O=C(N[C@H](Cc1ccccc1)C1CC1)[C@H]1CCCN(C(=O)C2CC2)C1. The summed E-state index contributed by atoms with van der Waals surface area (Å²) >= 11 is 0. The number of hydrogen-bond acceptors (Lipinski definition) is 2. The average molecular weight is 340 g/mol. The molecule has 3 aliphatic rings. The van der Waals surface area contributed by atoms with Crippen molar-refractivity contribution in [2.45, 2.75) is 51.0 Å². The quantitative estimate of drug-likeness (QED) is 0.866. The molecule has 0 aromatic heterocycles. The highest BCUT2D eigenvalue weighted by Gasteiger charge is 2.38. The lowest BCUT2D eigenvalue weighted by molar-refractivity contribution is -0.137. The summed E-state index contributed by atoms with van der Waals surface area (Å²) < 4.78 is 0. The zero-order valence-corrected chi connectivity index (χ0v) is 14.8. The van der Waals surface area contributed by atoms with E-state index in [0.717, 1.165) is 38.6 Å². The predicted octanol–water partition coefficient (Wildman–Crippen LogP) is 2.77. The van der Waals surface area contributed by atoms with E-state index in [1.807, 2.05) is 11.0 Å². The van der Waals surface area contributed by atoms with Crippen molar-refractivity contribution in [3.8, 4) is 0 Å². The van der Waals surface area contributed by atoms with Crippen molar-refractivity contribution in [3.05, 3.63) is 35.9 Å². The van der Waals surface area contributed by atoms with E-state index >= 15 is 0 Å². The van der Waals surface area contributed by atoms with Gasteiger partial charge in [0, 0.05) is 25.0 Å². The van der Waals surface area contributed by atoms with E-state index in [-0.39, 0.29) is 29.7 Å². The Morgan fingerprint density at radius 2 is 1.80 bits per heavy atom. The number of hydrogen-bond donors (Lipinski definition) is 1. The summed E-state index contributed by atoms with van der Waals surface area (Å²) in [6.07, 6.45) is 7.27. The van der Waals surface area contributed by atoms with Gasteiger partial charge in [-0.2, -0.15) is 0 Å². The molecule has 4 heteroatoms. The van der Waals surface area contributed by atoms with Crippen molar-refractivity contribution in [1.82, 2.24) is 10.2 Å². The molecule has 2 amide bonds. The Kier molecular flexibility index (Phi) is 4.78. The van der Waals surface area contributed by atoms with Crippen LogP contribution in [-0.4, -0.2) is 35.8 Å². The molecule has 1 aliphatic heterocycles. The second-order valence-electron chi connectivity index (χ2n) is 8.04. The fourth-order valence-electron chi connectivity index (χ4n) is 3.98. The first-order valence-corrected chi connectivity index (χ1v) is 9.84. The second-order valence-corrected chi connectivity index (χ2v) is 8.04. The minimum Gasteiger partial charge on any atom is -0.352 e. The molecule has 0 unspecified atom stereocenters. The third-order valence-electron chi connectivity index (χ3n) is 5.85. The monoisotopic (exact) mass is 340 g/mol. The fraction of sp³-hybridized carbons (Fsp3) is 0.619. The van der Waals surface area contributed by atoms with Crippen LogP contribution in [0.2, 0.25) is 0 Å². The molecular weight excluding hydrogens is 312 g/mol. The van der Waals surface area contributed by atoms with E-state index in [1.54, 1.807) is 0 Å². The van der Waals surface area contributed by atoms with Crippen molar-refractivity contribution < 1.29 is 9.59 Å². The standard InChI is InChI=1S/C21H28N2O2/c24-20(18-7-4-12-23(14-18)21(25)17-10-11-17)22-19(16-8-9-16)13-15-5-2-1-3-6-15/h1-3,5-6,16-19H,4,7-14H2,(H,22,24)/t18-,19+/m0/s1. The highest BCUT2D eigenvalue weighted by atomic mass is 16.2. The largest absolute Gasteiger partial charge is 0.352 e. The number of likely N-dealkylation sites (tertiary alicyclic amines) is 1. The summed E-state index contributed by atoms with van der Waals surface area (Å²) in [5.74, 6) is 1.27. The van der Waals surface area contributed by atoms with Crippen LogP contribution < -0.4 is 5.32 Å². The molecule has 0 spiro atoms. The molecule has 2 aliphatic carbocycles. The van der Waals surface area contributed by atoms with Gasteiger partial charge in [-0.3, -0.25) is 9.59 Å². The molecule has 4 rings (SSSR count). The molecule has 0 radical (unpaired) electrons. The van der Waals surface area contributed by atoms with Gasteiger partial charge in [0.25, 0.3) is 0 Å². The number of piperidine rings is 1. The zero-order valence-electron chi connectivity index (χ0n) is 14.8. The molecule has 1 aromatic rings. The maximum atomic E-state index is 12.8. The average Bonchev–Trinajstić information content (AvgIpc) is 3.54. The molecule has 134 valence electrons. The Morgan fingerprint density at radius 1 is 1.04 bits per heavy atom. The topological polar surface area (TPSA) is 49.4 Å². The summed E-state index contributed by atoms with van der Waals surface area (Å²) in [6, 6.07) is 10.7. The summed E-state index contributed by atoms with van der Waals surface area (Å²) in [5, 5.41) is 3.32. The second kappa shape index (κ2) is 7.19. The number of carbonyl (C=O) groups is 2. The summed E-state index contributed by atoms with van der Waals surface area (Å²) in [6.45, 7) is 1.44. The molecular formula is C21H28N2O2. The van der Waals surface area contributed by atoms with Crippen LogP contribution in [0.5, 0.6) is 0 Å². The number of nitrogens with one attached hydrogen (secondary N) is 1. The lowest BCUT2D eigenvalue weighted by Gasteiger charge is -2.33. The van der Waals surface area contributed by atoms with Gasteiger partial charge in [0.05, 0.1) is 5.92 Å². The number of benzene rings is 1. The molecule has 3 fully saturated rings. The van der Waals surface area contributed by atoms with E-state index in [2.05, 4.69) is 29.6 Å². The van der Waals surface area contributed by atoms with Crippen molar-refractivity contribution in [1.29, 1.82) is 0 Å². The molecule has 1 N–H and O–H groups in total. The lowest BCUT2D eigenvalue weighted by atomic mass is 9.95. The van der Waals surface area contributed by atoms with Gasteiger partial charge >= 0.3 is 0 Å². The third kappa shape index (κ3) is 4.23. The molecule has 1 heterocycles. The van der Waals surface area contributed by atoms with E-state index in [9.17, 15) is 9.59 Å². The Bertz CT molecular complexity index is 622. The van der Waals surface area contributed by atoms with Crippen LogP contribution in [-0.2, 0) is 16.0 Å². The van der Waals surface area contributed by atoms with Crippen LogP contribution >= 0.6 is 0 Å². The minimum atomic E-state index is -0.0338. The molecule has 25 heavy (non-hydrogen) atoms. The number of amides is 2. The van der Waals surface area contributed by atoms with Crippen LogP contribution in [0.25, 0.3) is 0 Å². The zero-order chi connectivity index (χ0) is 17.2. The van der Waals surface area contributed by atoms with Crippen molar-refractivity contribution in [2.24, 2.45) is 17.8 Å². The number of carbonyl (C=O) groups excluding carboxylic acids is 2. The first-order chi connectivity index (χ1) is 12.2. The summed E-state index contributed by atoms with van der Waals surface area (Å²) in [4.78, 5) is 27.1. The fourth-order valence-corrected chi connectivity index (χ4v) is 3.98. The van der Waals surface area contributed by atoms with Crippen LogP contribution in [0.1, 0.15) is 44.1 Å². The highest BCUT2D eigenvalue weighted by molar-refractivity contribution is 5.83. The van der Waals surface area contributed by atoms with Crippen LogP contribution in [0, 0.1) is 17.8 Å². The smallest absolute Gasteiger partial charge is 0.225 e. The Labute approximate surface area is 150 Å². The van der Waals surface area contributed by atoms with Gasteiger partial charge < -0.3 is 10.2 Å². The first-order valence-electron chi connectivity index (χ1n) is 9.84. The van der Waals surface area contributed by atoms with Gasteiger partial charge in [0.15, 0.2) is 0 Å². The lowest BCUT2D eigenvalue weighted by Crippen LogP contribution is -2.48. The van der Waals surface area contributed by atoms with Gasteiger partial charge in [-0.05, 0) is 56.4 Å². The van der Waals surface area contributed by atoms with Gasteiger partial charge in [0.2, 0.25) is 11.8 Å². The van der Waals surface area contributed by atoms with Gasteiger partial charge in [0.1, 0.15) is 0 Å². The first kappa shape index (κ1) is 16.6. The summed E-state index contributed by atoms with van der Waals surface area (Å²) in [5.41, 5.74) is 1.29. The molecule has 1 saturated heterocycles. The van der Waals surface area contributed by atoms with Gasteiger partial charge in [-0.1, -0.05) is 30.3 Å². The Hall–Kier alpha value is -1.84. The maximum absolute atomic E-state index is 12.8. The highest BCUT2D eigenvalue weighted by Crippen LogP contribution is 2.35. The Morgan fingerprint density at radius 3 is 2.48 bits per heavy atom. The molecule has 0 bridgehead atoms. The van der Waals surface area contributed by atoms with E-state index in [4.69, 9.17) is 0 Å². The summed E-state index contributed by atoms with van der Waals surface area (Å²) in [7, 11) is 0. The molecule has 2 atom stereocenters. The Balaban J connectivity index is 1.35. The predicted molar refractivity (Wildman–Crippen MR) is 96.8 cm³/mol. The van der Waals surface area contributed by atoms with E-state index in [0.29, 0.717) is 12.5 Å². The molecule has 1 aromatic carbocycles. The molecule has 4 nitrogen and oxygen atoms in total. The maximum Gasteiger partial charge on any atom is 0.225 e. The van der Waals surface area contributed by atoms with Crippen molar-refractivity contribution >= 4 is 11.8 Å². The minimum absolute atomic E-state index is 0.0338. The number of nitrogens with zero attached hydrogens (tertiary/aromatic N) is 1. The van der Waals surface area contributed by atoms with Gasteiger partial charge in [-0.25, -0.2) is 0 Å².